The van der Waals surface area contributed by atoms with Gasteiger partial charge in [-0.1, -0.05) is 19.9 Å². The average molecular weight is 660 g/mol. The van der Waals surface area contributed by atoms with E-state index in [4.69, 9.17) is 9.97 Å². The Bertz CT molecular complexity index is 1800. The number of hydrogen-bond acceptors (Lipinski definition) is 6. The van der Waals surface area contributed by atoms with Gasteiger partial charge in [-0.25, -0.2) is 9.97 Å². The maximum absolute atomic E-state index is 14.3. The van der Waals surface area contributed by atoms with Crippen molar-refractivity contribution in [2.24, 2.45) is 17.8 Å². The number of benzene rings is 1. The van der Waals surface area contributed by atoms with Gasteiger partial charge in [0, 0.05) is 67.2 Å². The van der Waals surface area contributed by atoms with E-state index in [9.17, 15) is 22.8 Å². The van der Waals surface area contributed by atoms with Gasteiger partial charge >= 0.3 is 6.18 Å². The Labute approximate surface area is 277 Å². The van der Waals surface area contributed by atoms with E-state index in [1.165, 1.54) is 6.07 Å². The summed E-state index contributed by atoms with van der Waals surface area (Å²) in [6.07, 6.45) is 6.06. The Morgan fingerprint density at radius 3 is 2.56 bits per heavy atom. The van der Waals surface area contributed by atoms with E-state index in [-0.39, 0.29) is 35.0 Å². The summed E-state index contributed by atoms with van der Waals surface area (Å²) in [4.78, 5) is 43.8. The molecule has 3 aromatic heterocycles. The molecule has 2 amide bonds. The molecule has 3 N–H and O–H groups in total. The number of hydrogen-bond donors (Lipinski definition) is 3. The number of aromatic amines is 1. The second-order valence-corrected chi connectivity index (χ2v) is 12.9. The van der Waals surface area contributed by atoms with Gasteiger partial charge in [0.2, 0.25) is 5.91 Å². The summed E-state index contributed by atoms with van der Waals surface area (Å²) in [6.45, 7) is 5.38. The Kier molecular flexibility index (Phi) is 9.79. The van der Waals surface area contributed by atoms with Crippen molar-refractivity contribution in [2.45, 2.75) is 58.5 Å². The third-order valence-electron chi connectivity index (χ3n) is 9.61. The number of allylic oxidation sites excluding steroid dienone is 1. The monoisotopic (exact) mass is 659 g/mol. The molecule has 2 unspecified atom stereocenters. The number of H-pyrrole nitrogens is 1. The third-order valence-corrected chi connectivity index (χ3v) is 9.61. The Morgan fingerprint density at radius 2 is 1.83 bits per heavy atom. The van der Waals surface area contributed by atoms with Crippen LogP contribution in [0.5, 0.6) is 0 Å². The molecule has 2 aliphatic rings. The van der Waals surface area contributed by atoms with E-state index in [1.54, 1.807) is 30.3 Å². The van der Waals surface area contributed by atoms with Crippen molar-refractivity contribution < 1.29 is 22.8 Å². The van der Waals surface area contributed by atoms with Crippen LogP contribution in [0.4, 0.5) is 24.5 Å². The molecule has 0 bridgehead atoms. The highest BCUT2D eigenvalue weighted by atomic mass is 19.4. The molecule has 4 heterocycles. The molecule has 12 heteroatoms. The van der Waals surface area contributed by atoms with Gasteiger partial charge in [0.15, 0.2) is 5.82 Å². The number of carbonyl (C=O) groups is 2. The van der Waals surface area contributed by atoms with E-state index >= 15 is 0 Å². The maximum Gasteiger partial charge on any atom is 0.418 e. The number of fused-ring (bicyclic) bond motifs is 1. The van der Waals surface area contributed by atoms with Crippen molar-refractivity contribution in [3.63, 3.8) is 0 Å². The number of pyridine rings is 1. The van der Waals surface area contributed by atoms with Gasteiger partial charge in [-0.15, -0.1) is 0 Å². The molecular weight excluding hydrogens is 619 g/mol. The Morgan fingerprint density at radius 1 is 1.06 bits per heavy atom. The van der Waals surface area contributed by atoms with Crippen LogP contribution in [-0.2, 0) is 22.2 Å². The van der Waals surface area contributed by atoms with E-state index in [0.717, 1.165) is 28.4 Å². The van der Waals surface area contributed by atoms with Crippen molar-refractivity contribution in [1.82, 2.24) is 25.3 Å². The highest BCUT2D eigenvalue weighted by Gasteiger charge is 2.36. The first-order chi connectivity index (χ1) is 23.1. The number of anilines is 2. The number of amides is 2. The molecule has 1 fully saturated rings. The Hall–Kier alpha value is -4.74. The van der Waals surface area contributed by atoms with E-state index in [1.807, 2.05) is 30.5 Å². The highest BCUT2D eigenvalue weighted by Crippen LogP contribution is 2.40. The highest BCUT2D eigenvalue weighted by molar-refractivity contribution is 6.04. The summed E-state index contributed by atoms with van der Waals surface area (Å²) in [5, 5.41) is 5.63. The van der Waals surface area contributed by atoms with Gasteiger partial charge in [-0.2, -0.15) is 13.2 Å². The molecule has 1 aliphatic carbocycles. The lowest BCUT2D eigenvalue weighted by Crippen LogP contribution is -2.39. The predicted molar refractivity (Wildman–Crippen MR) is 179 cm³/mol. The van der Waals surface area contributed by atoms with Crippen LogP contribution in [0.2, 0.25) is 0 Å². The fraction of sp³-hybridized carbons (Fsp3) is 0.417. The van der Waals surface area contributed by atoms with Crippen LogP contribution in [0, 0.1) is 17.8 Å². The number of rotatable bonds is 9. The lowest BCUT2D eigenvalue weighted by atomic mass is 9.78. The van der Waals surface area contributed by atoms with Crippen molar-refractivity contribution >= 4 is 34.2 Å². The second kappa shape index (κ2) is 14.2. The second-order valence-electron chi connectivity index (χ2n) is 12.9. The quantitative estimate of drug-likeness (QED) is 0.179. The number of nitrogens with one attached hydrogen (secondary N) is 3. The van der Waals surface area contributed by atoms with Crippen LogP contribution in [0.15, 0.2) is 66.6 Å². The van der Waals surface area contributed by atoms with Crippen molar-refractivity contribution in [3.8, 4) is 11.4 Å². The molecule has 6 rings (SSSR count). The molecule has 1 aliphatic heterocycles. The summed E-state index contributed by atoms with van der Waals surface area (Å²) < 4.78 is 42.9. The molecule has 0 spiro atoms. The first-order valence-corrected chi connectivity index (χ1v) is 16.6. The summed E-state index contributed by atoms with van der Waals surface area (Å²) in [7, 11) is 0. The smallest absolute Gasteiger partial charge is 0.371 e. The first kappa shape index (κ1) is 33.2. The number of carbonyl (C=O) groups excluding carboxylic acids is 2. The lowest BCUT2D eigenvalue weighted by molar-refractivity contribution is -0.137. The van der Waals surface area contributed by atoms with Crippen LogP contribution < -0.4 is 15.5 Å². The molecular formula is C36H40F3N7O2. The molecule has 4 aromatic rings. The van der Waals surface area contributed by atoms with Crippen LogP contribution in [-0.4, -0.2) is 51.4 Å². The minimum Gasteiger partial charge on any atom is -0.371 e. The zero-order valence-corrected chi connectivity index (χ0v) is 27.1. The molecule has 1 saturated heterocycles. The largest absolute Gasteiger partial charge is 0.418 e. The standard InChI is InChI=1S/C36H40F3N7O2/c1-3-32(47)42-21-23-11-16-46(17-12-23)31-7-6-27(20-28(31)36(37,38)39)43-35(48)25-5-4-22(2)26(18-25)19-30-33-29(10-15-41-33)44-34(45-30)24-8-13-40-14-9-24/h5-10,13-15,20,22-23,26,41H,3-4,11-12,16-19,21H2,1-2H3,(H,42,47)(H,43,48). The topological polar surface area (TPSA) is 116 Å². The third kappa shape index (κ3) is 7.53. The van der Waals surface area contributed by atoms with Gasteiger partial charge in [0.05, 0.1) is 22.3 Å². The van der Waals surface area contributed by atoms with Gasteiger partial charge in [-0.3, -0.25) is 14.6 Å². The van der Waals surface area contributed by atoms with Crippen molar-refractivity contribution in [3.05, 3.63) is 77.9 Å². The van der Waals surface area contributed by atoms with Crippen molar-refractivity contribution in [1.29, 1.82) is 0 Å². The van der Waals surface area contributed by atoms with Crippen LogP contribution in [0.25, 0.3) is 22.4 Å². The van der Waals surface area contributed by atoms with Crippen LogP contribution >= 0.6 is 0 Å². The summed E-state index contributed by atoms with van der Waals surface area (Å²) >= 11 is 0. The molecule has 9 nitrogen and oxygen atoms in total. The summed E-state index contributed by atoms with van der Waals surface area (Å²) in [5.41, 5.74) is 3.37. The normalized spacial score (nSPS) is 18.9. The molecule has 48 heavy (non-hydrogen) atoms. The number of piperidine rings is 1. The maximum atomic E-state index is 14.3. The zero-order valence-electron chi connectivity index (χ0n) is 27.1. The van der Waals surface area contributed by atoms with Gasteiger partial charge in [0.1, 0.15) is 0 Å². The molecule has 2 atom stereocenters. The number of nitrogens with zero attached hydrogens (tertiary/aromatic N) is 4. The summed E-state index contributed by atoms with van der Waals surface area (Å²) in [5.74, 6) is 0.773. The van der Waals surface area contributed by atoms with Crippen LogP contribution in [0.3, 0.4) is 0 Å². The number of aromatic nitrogens is 4. The van der Waals surface area contributed by atoms with Gasteiger partial charge in [-0.05, 0) is 86.3 Å². The molecule has 1 aromatic carbocycles. The minimum absolute atomic E-state index is 0.0252. The van der Waals surface area contributed by atoms with Crippen molar-refractivity contribution in [2.75, 3.05) is 29.9 Å². The zero-order chi connectivity index (χ0) is 33.8. The Balaban J connectivity index is 1.14. The van der Waals surface area contributed by atoms with E-state index in [0.29, 0.717) is 69.6 Å². The minimum atomic E-state index is -4.59. The van der Waals surface area contributed by atoms with E-state index in [2.05, 4.69) is 27.5 Å². The SMILES string of the molecule is CCC(=O)NCC1CCN(c2ccc(NC(=O)C3=CCC(C)C(Cc4nc(-c5ccncc5)nc5cc[nH]c45)C3)cc2C(F)(F)F)CC1. The predicted octanol–water partition coefficient (Wildman–Crippen LogP) is 6.94. The molecule has 0 saturated carbocycles. The van der Waals surface area contributed by atoms with E-state index < -0.39 is 17.6 Å². The lowest BCUT2D eigenvalue weighted by Gasteiger charge is -2.35. The fourth-order valence-corrected chi connectivity index (χ4v) is 6.67. The van der Waals surface area contributed by atoms with Gasteiger partial charge in [0.25, 0.3) is 5.91 Å². The number of alkyl halides is 3. The molecule has 252 valence electrons. The summed E-state index contributed by atoms with van der Waals surface area (Å²) in [6, 6.07) is 9.67. The first-order valence-electron chi connectivity index (χ1n) is 16.6. The van der Waals surface area contributed by atoms with Gasteiger partial charge < -0.3 is 20.5 Å². The molecule has 0 radical (unpaired) electrons. The fourth-order valence-electron chi connectivity index (χ4n) is 6.67. The average Bonchev–Trinajstić information content (AvgIpc) is 3.58. The van der Waals surface area contributed by atoms with Crippen LogP contribution in [0.1, 0.15) is 57.2 Å². The number of halogens is 3.